The van der Waals surface area contributed by atoms with Gasteiger partial charge in [-0.05, 0) is 37.0 Å². The number of nitrogens with one attached hydrogen (secondary N) is 1. The number of rotatable bonds is 9. The molecule has 1 aliphatic rings. The van der Waals surface area contributed by atoms with E-state index in [9.17, 15) is 9.90 Å². The number of aliphatic hydroxyl groups is 2. The van der Waals surface area contributed by atoms with Crippen molar-refractivity contribution in [1.29, 1.82) is 0 Å². The van der Waals surface area contributed by atoms with Crippen LogP contribution in [0.15, 0.2) is 24.3 Å². The molecule has 3 N–H and O–H groups in total. The Morgan fingerprint density at radius 2 is 2.00 bits per heavy atom. The second-order valence-corrected chi connectivity index (χ2v) is 6.12. The molecule has 6 nitrogen and oxygen atoms in total. The van der Waals surface area contributed by atoms with Crippen LogP contribution in [0.5, 0.6) is 5.75 Å². The third kappa shape index (κ3) is 5.47. The van der Waals surface area contributed by atoms with E-state index in [1.807, 2.05) is 24.3 Å². The Labute approximate surface area is 142 Å². The molecule has 0 spiro atoms. The number of carbonyl (C=O) groups is 1. The van der Waals surface area contributed by atoms with E-state index in [4.69, 9.17) is 14.6 Å². The Balaban J connectivity index is 1.85. The van der Waals surface area contributed by atoms with Gasteiger partial charge in [-0.1, -0.05) is 18.6 Å². The number of carbonyl (C=O) groups excluding carboxylic acids is 1. The summed E-state index contributed by atoms with van der Waals surface area (Å²) in [5.41, 5.74) is 1.09. The van der Waals surface area contributed by atoms with Gasteiger partial charge >= 0.3 is 5.97 Å². The minimum absolute atomic E-state index is 0.102. The van der Waals surface area contributed by atoms with Crippen molar-refractivity contribution in [2.45, 2.75) is 50.4 Å². The summed E-state index contributed by atoms with van der Waals surface area (Å²) in [7, 11) is 1.62. The second-order valence-electron chi connectivity index (χ2n) is 6.12. The first-order chi connectivity index (χ1) is 11.6. The van der Waals surface area contributed by atoms with Gasteiger partial charge in [0.15, 0.2) is 0 Å². The van der Waals surface area contributed by atoms with Crippen LogP contribution in [0, 0.1) is 0 Å². The summed E-state index contributed by atoms with van der Waals surface area (Å²) in [4.78, 5) is 11.9. The first kappa shape index (κ1) is 18.7. The molecule has 0 unspecified atom stereocenters. The zero-order chi connectivity index (χ0) is 17.4. The SMILES string of the molecule is COc1ccc(C[C@H]2NC[C@H](O)[C@H]2OC(=O)CCCCCO)cc1. The molecule has 1 fully saturated rings. The van der Waals surface area contributed by atoms with Crippen LogP contribution in [0.3, 0.4) is 0 Å². The van der Waals surface area contributed by atoms with E-state index >= 15 is 0 Å². The van der Waals surface area contributed by atoms with Crippen molar-refractivity contribution in [2.75, 3.05) is 20.3 Å². The molecular weight excluding hydrogens is 310 g/mol. The van der Waals surface area contributed by atoms with Gasteiger partial charge in [-0.25, -0.2) is 0 Å². The van der Waals surface area contributed by atoms with E-state index in [0.717, 1.165) is 17.7 Å². The predicted octanol–water partition coefficient (Wildman–Crippen LogP) is 1.03. The van der Waals surface area contributed by atoms with Gasteiger partial charge in [-0.3, -0.25) is 4.79 Å². The Bertz CT molecular complexity index is 505. The third-order valence-corrected chi connectivity index (χ3v) is 4.29. The smallest absolute Gasteiger partial charge is 0.306 e. The highest BCUT2D eigenvalue weighted by Gasteiger charge is 2.37. The van der Waals surface area contributed by atoms with Crippen molar-refractivity contribution >= 4 is 5.97 Å². The quantitative estimate of drug-likeness (QED) is 0.461. The fourth-order valence-corrected chi connectivity index (χ4v) is 2.91. The van der Waals surface area contributed by atoms with Gasteiger partial charge in [0.25, 0.3) is 0 Å². The first-order valence-electron chi connectivity index (χ1n) is 8.48. The average molecular weight is 337 g/mol. The standard InChI is InChI=1S/C18H27NO5/c1-23-14-8-6-13(7-9-14)11-15-18(16(21)12-19-15)24-17(22)5-3-2-4-10-20/h6-9,15-16,18-21H,2-5,10-12H2,1H3/t15-,16+,18+/m1/s1. The number of β-amino-alcohol motifs (C(OH)–C–C–N with tert-alkyl or cyclic N) is 1. The molecule has 0 amide bonds. The number of aliphatic hydroxyl groups excluding tert-OH is 2. The summed E-state index contributed by atoms with van der Waals surface area (Å²) < 4.78 is 10.6. The van der Waals surface area contributed by atoms with Crippen molar-refractivity contribution in [3.8, 4) is 5.75 Å². The van der Waals surface area contributed by atoms with E-state index < -0.39 is 12.2 Å². The summed E-state index contributed by atoms with van der Waals surface area (Å²) >= 11 is 0. The Morgan fingerprint density at radius 1 is 1.25 bits per heavy atom. The molecule has 0 aliphatic carbocycles. The Morgan fingerprint density at radius 3 is 2.67 bits per heavy atom. The maximum Gasteiger partial charge on any atom is 0.306 e. The van der Waals surface area contributed by atoms with Gasteiger partial charge in [0.1, 0.15) is 18.0 Å². The van der Waals surface area contributed by atoms with Crippen molar-refractivity contribution < 1.29 is 24.5 Å². The molecule has 6 heteroatoms. The van der Waals surface area contributed by atoms with Gasteiger partial charge < -0.3 is 25.0 Å². The number of esters is 1. The number of methoxy groups -OCH3 is 1. The van der Waals surface area contributed by atoms with Crippen LogP contribution >= 0.6 is 0 Å². The molecule has 0 saturated carbocycles. The fourth-order valence-electron chi connectivity index (χ4n) is 2.91. The molecule has 2 rings (SSSR count). The van der Waals surface area contributed by atoms with Crippen LogP contribution in [0.2, 0.25) is 0 Å². The van der Waals surface area contributed by atoms with E-state index in [1.165, 1.54) is 0 Å². The molecule has 0 bridgehead atoms. The Hall–Kier alpha value is -1.63. The number of hydrogen-bond acceptors (Lipinski definition) is 6. The predicted molar refractivity (Wildman–Crippen MR) is 89.9 cm³/mol. The number of ether oxygens (including phenoxy) is 2. The lowest BCUT2D eigenvalue weighted by molar-refractivity contribution is -0.154. The zero-order valence-electron chi connectivity index (χ0n) is 14.1. The summed E-state index contributed by atoms with van der Waals surface area (Å²) in [6.45, 7) is 0.563. The van der Waals surface area contributed by atoms with Crippen LogP contribution in [0.1, 0.15) is 31.2 Å². The van der Waals surface area contributed by atoms with E-state index in [1.54, 1.807) is 7.11 Å². The molecule has 134 valence electrons. The zero-order valence-corrected chi connectivity index (χ0v) is 14.1. The van der Waals surface area contributed by atoms with Gasteiger partial charge in [0, 0.05) is 19.6 Å². The largest absolute Gasteiger partial charge is 0.497 e. The lowest BCUT2D eigenvalue weighted by Gasteiger charge is -2.22. The second kappa shape index (κ2) is 9.61. The molecule has 1 saturated heterocycles. The van der Waals surface area contributed by atoms with Gasteiger partial charge in [0.05, 0.1) is 13.2 Å². The molecule has 3 atom stereocenters. The first-order valence-corrected chi connectivity index (χ1v) is 8.48. The monoisotopic (exact) mass is 337 g/mol. The normalized spacial score (nSPS) is 23.2. The summed E-state index contributed by atoms with van der Waals surface area (Å²) in [6, 6.07) is 7.62. The Kier molecular flexibility index (Phi) is 7.49. The highest BCUT2D eigenvalue weighted by atomic mass is 16.6. The lowest BCUT2D eigenvalue weighted by Crippen LogP contribution is -2.38. The number of hydrogen-bond donors (Lipinski definition) is 3. The third-order valence-electron chi connectivity index (χ3n) is 4.29. The van der Waals surface area contributed by atoms with Gasteiger partial charge in [-0.15, -0.1) is 0 Å². The van der Waals surface area contributed by atoms with Gasteiger partial charge in [0.2, 0.25) is 0 Å². The molecule has 1 aromatic carbocycles. The molecule has 0 radical (unpaired) electrons. The topological polar surface area (TPSA) is 88.0 Å². The van der Waals surface area contributed by atoms with Gasteiger partial charge in [-0.2, -0.15) is 0 Å². The lowest BCUT2D eigenvalue weighted by atomic mass is 10.0. The minimum Gasteiger partial charge on any atom is -0.497 e. The van der Waals surface area contributed by atoms with E-state index in [-0.39, 0.29) is 18.6 Å². The number of benzene rings is 1. The van der Waals surface area contributed by atoms with Crippen molar-refractivity contribution in [3.63, 3.8) is 0 Å². The van der Waals surface area contributed by atoms with Crippen LogP contribution < -0.4 is 10.1 Å². The van der Waals surface area contributed by atoms with Crippen molar-refractivity contribution in [2.24, 2.45) is 0 Å². The van der Waals surface area contributed by atoms with E-state index in [2.05, 4.69) is 5.32 Å². The number of unbranched alkanes of at least 4 members (excludes halogenated alkanes) is 2. The minimum atomic E-state index is -0.686. The van der Waals surface area contributed by atoms with Crippen LogP contribution in [-0.2, 0) is 16.0 Å². The highest BCUT2D eigenvalue weighted by molar-refractivity contribution is 5.69. The molecule has 0 aromatic heterocycles. The maximum absolute atomic E-state index is 11.9. The molecule has 1 aromatic rings. The molecule has 1 aliphatic heterocycles. The van der Waals surface area contributed by atoms with Crippen LogP contribution in [0.4, 0.5) is 0 Å². The highest BCUT2D eigenvalue weighted by Crippen LogP contribution is 2.20. The van der Waals surface area contributed by atoms with Crippen LogP contribution in [0.25, 0.3) is 0 Å². The summed E-state index contributed by atoms with van der Waals surface area (Å²) in [5.74, 6) is 0.504. The van der Waals surface area contributed by atoms with E-state index in [0.29, 0.717) is 32.2 Å². The van der Waals surface area contributed by atoms with Crippen molar-refractivity contribution in [1.82, 2.24) is 5.32 Å². The average Bonchev–Trinajstić information content (AvgIpc) is 2.93. The van der Waals surface area contributed by atoms with Crippen LogP contribution in [-0.4, -0.2) is 54.7 Å². The summed E-state index contributed by atoms with van der Waals surface area (Å²) in [5, 5.41) is 22.0. The fraction of sp³-hybridized carbons (Fsp3) is 0.611. The molecular formula is C18H27NO5. The summed E-state index contributed by atoms with van der Waals surface area (Å²) in [6.07, 6.45) is 1.96. The maximum atomic E-state index is 11.9. The van der Waals surface area contributed by atoms with Crippen molar-refractivity contribution in [3.05, 3.63) is 29.8 Å². The molecule has 24 heavy (non-hydrogen) atoms. The molecule has 1 heterocycles.